The van der Waals surface area contributed by atoms with Crippen LogP contribution in [-0.2, 0) is 10.0 Å². The van der Waals surface area contributed by atoms with Gasteiger partial charge in [0.2, 0.25) is 10.0 Å². The van der Waals surface area contributed by atoms with Crippen LogP contribution >= 0.6 is 0 Å². The molecule has 1 fully saturated rings. The van der Waals surface area contributed by atoms with E-state index in [9.17, 15) is 17.2 Å². The summed E-state index contributed by atoms with van der Waals surface area (Å²) in [6, 6.07) is 19.9. The van der Waals surface area contributed by atoms with E-state index in [1.807, 2.05) is 6.07 Å². The van der Waals surface area contributed by atoms with Crippen molar-refractivity contribution in [2.75, 3.05) is 26.2 Å². The van der Waals surface area contributed by atoms with Crippen molar-refractivity contribution in [2.24, 2.45) is 0 Å². The van der Waals surface area contributed by atoms with E-state index in [4.69, 9.17) is 5.26 Å². The van der Waals surface area contributed by atoms with Gasteiger partial charge in [0.15, 0.2) is 0 Å². The summed E-state index contributed by atoms with van der Waals surface area (Å²) in [5, 5.41) is 8.92. The molecule has 0 N–H and O–H groups in total. The second kappa shape index (κ2) is 9.17. The lowest BCUT2D eigenvalue weighted by molar-refractivity contribution is 0.155. The molecule has 0 aromatic heterocycles. The van der Waals surface area contributed by atoms with Crippen molar-refractivity contribution < 1.29 is 17.2 Å². The third-order valence-corrected chi connectivity index (χ3v) is 7.54. The molecule has 1 saturated heterocycles. The van der Waals surface area contributed by atoms with Crippen LogP contribution in [0.15, 0.2) is 77.7 Å². The second-order valence-electron chi connectivity index (χ2n) is 7.58. The molecule has 3 aromatic carbocycles. The van der Waals surface area contributed by atoms with Crippen molar-refractivity contribution in [3.8, 4) is 6.07 Å². The van der Waals surface area contributed by atoms with Crippen LogP contribution in [0, 0.1) is 23.0 Å². The molecule has 0 radical (unpaired) electrons. The van der Waals surface area contributed by atoms with Crippen LogP contribution in [0.4, 0.5) is 8.78 Å². The van der Waals surface area contributed by atoms with E-state index in [0.29, 0.717) is 18.7 Å². The molecule has 0 amide bonds. The Labute approximate surface area is 186 Å². The fourth-order valence-electron chi connectivity index (χ4n) is 3.96. The molecule has 5 nitrogen and oxygen atoms in total. The highest BCUT2D eigenvalue weighted by Gasteiger charge is 2.32. The van der Waals surface area contributed by atoms with Crippen LogP contribution in [0.25, 0.3) is 0 Å². The van der Waals surface area contributed by atoms with Gasteiger partial charge in [-0.05, 0) is 59.7 Å². The third kappa shape index (κ3) is 4.55. The zero-order valence-corrected chi connectivity index (χ0v) is 18.0. The van der Waals surface area contributed by atoms with E-state index in [1.54, 1.807) is 24.3 Å². The quantitative estimate of drug-likeness (QED) is 0.587. The number of benzene rings is 3. The Morgan fingerprint density at radius 2 is 1.22 bits per heavy atom. The normalized spacial score (nSPS) is 15.6. The van der Waals surface area contributed by atoms with Gasteiger partial charge >= 0.3 is 0 Å². The van der Waals surface area contributed by atoms with Gasteiger partial charge in [-0.2, -0.15) is 9.57 Å². The maximum Gasteiger partial charge on any atom is 0.243 e. The molecule has 8 heteroatoms. The number of piperazine rings is 1. The number of hydrogen-bond acceptors (Lipinski definition) is 4. The van der Waals surface area contributed by atoms with Crippen LogP contribution in [0.3, 0.4) is 0 Å². The van der Waals surface area contributed by atoms with Crippen molar-refractivity contribution in [2.45, 2.75) is 10.9 Å². The van der Waals surface area contributed by atoms with Gasteiger partial charge in [-0.25, -0.2) is 17.2 Å². The largest absolute Gasteiger partial charge is 0.290 e. The van der Waals surface area contributed by atoms with Crippen molar-refractivity contribution >= 4 is 10.0 Å². The Morgan fingerprint density at radius 3 is 1.66 bits per heavy atom. The predicted molar refractivity (Wildman–Crippen MR) is 116 cm³/mol. The van der Waals surface area contributed by atoms with E-state index in [-0.39, 0.29) is 35.7 Å². The monoisotopic (exact) mass is 453 g/mol. The fraction of sp³-hybridized carbons (Fsp3) is 0.208. The molecule has 3 aromatic rings. The minimum Gasteiger partial charge on any atom is -0.290 e. The molecule has 0 spiro atoms. The molecule has 0 atom stereocenters. The Bertz CT molecular complexity index is 1170. The zero-order chi connectivity index (χ0) is 22.7. The molecule has 0 aliphatic carbocycles. The van der Waals surface area contributed by atoms with Gasteiger partial charge in [0.25, 0.3) is 0 Å². The first-order valence-corrected chi connectivity index (χ1v) is 11.6. The molecule has 164 valence electrons. The average Bonchev–Trinajstić information content (AvgIpc) is 2.82. The third-order valence-electron chi connectivity index (χ3n) is 5.63. The minimum absolute atomic E-state index is 0.151. The first kappa shape index (κ1) is 22.1. The van der Waals surface area contributed by atoms with E-state index in [0.717, 1.165) is 11.1 Å². The fourth-order valence-corrected chi connectivity index (χ4v) is 5.38. The standard InChI is InChI=1S/C24H21F2N3O2S/c25-21-7-3-19(4-8-21)24(20-5-9-22(26)10-6-20)28-13-15-29(16-14-28)32(30,31)23-11-1-18(17-27)2-12-23/h1-12,24H,13-16H2. The minimum atomic E-state index is -3.68. The molecule has 0 bridgehead atoms. The van der Waals surface area contributed by atoms with Gasteiger partial charge in [-0.3, -0.25) is 4.90 Å². The van der Waals surface area contributed by atoms with Gasteiger partial charge in [-0.15, -0.1) is 0 Å². The van der Waals surface area contributed by atoms with Crippen molar-refractivity contribution in [1.82, 2.24) is 9.21 Å². The van der Waals surface area contributed by atoms with Crippen molar-refractivity contribution in [3.63, 3.8) is 0 Å². The van der Waals surface area contributed by atoms with Crippen LogP contribution in [-0.4, -0.2) is 43.8 Å². The van der Waals surface area contributed by atoms with E-state index >= 15 is 0 Å². The summed E-state index contributed by atoms with van der Waals surface area (Å²) in [5.41, 5.74) is 2.10. The number of nitrogens with zero attached hydrogens (tertiary/aromatic N) is 3. The van der Waals surface area contributed by atoms with E-state index < -0.39 is 10.0 Å². The van der Waals surface area contributed by atoms with Gasteiger partial charge < -0.3 is 0 Å². The van der Waals surface area contributed by atoms with Crippen LogP contribution in [0.2, 0.25) is 0 Å². The molecule has 0 unspecified atom stereocenters. The highest BCUT2D eigenvalue weighted by molar-refractivity contribution is 7.89. The highest BCUT2D eigenvalue weighted by Crippen LogP contribution is 2.31. The van der Waals surface area contributed by atoms with Gasteiger partial charge in [0, 0.05) is 26.2 Å². The summed E-state index contributed by atoms with van der Waals surface area (Å²) in [4.78, 5) is 2.27. The van der Waals surface area contributed by atoms with Gasteiger partial charge in [0.1, 0.15) is 11.6 Å². The zero-order valence-electron chi connectivity index (χ0n) is 17.2. The molecule has 32 heavy (non-hydrogen) atoms. The maximum absolute atomic E-state index is 13.5. The summed E-state index contributed by atoms with van der Waals surface area (Å²) < 4.78 is 54.4. The van der Waals surface area contributed by atoms with Crippen molar-refractivity contribution in [1.29, 1.82) is 5.26 Å². The summed E-state index contributed by atoms with van der Waals surface area (Å²) in [6.45, 7) is 1.46. The molecule has 4 rings (SSSR count). The topological polar surface area (TPSA) is 64.4 Å². The number of halogens is 2. The summed E-state index contributed by atoms with van der Waals surface area (Å²) in [5.74, 6) is -0.685. The summed E-state index contributed by atoms with van der Waals surface area (Å²) >= 11 is 0. The van der Waals surface area contributed by atoms with Crippen molar-refractivity contribution in [3.05, 3.63) is 101 Å². The van der Waals surface area contributed by atoms with Crippen LogP contribution in [0.1, 0.15) is 22.7 Å². The molecular formula is C24H21F2N3O2S. The Hall–Kier alpha value is -3.12. The average molecular weight is 454 g/mol. The summed E-state index contributed by atoms with van der Waals surface area (Å²) in [6.07, 6.45) is 0. The van der Waals surface area contributed by atoms with Gasteiger partial charge in [0.05, 0.1) is 22.6 Å². The Balaban J connectivity index is 1.56. The summed E-state index contributed by atoms with van der Waals surface area (Å²) in [7, 11) is -3.68. The van der Waals surface area contributed by atoms with E-state index in [2.05, 4.69) is 4.90 Å². The number of rotatable bonds is 5. The molecule has 1 heterocycles. The second-order valence-corrected chi connectivity index (χ2v) is 9.52. The van der Waals surface area contributed by atoms with Gasteiger partial charge in [-0.1, -0.05) is 24.3 Å². The molecule has 1 aliphatic rings. The van der Waals surface area contributed by atoms with Crippen LogP contribution < -0.4 is 0 Å². The first-order chi connectivity index (χ1) is 15.4. The van der Waals surface area contributed by atoms with Crippen LogP contribution in [0.5, 0.6) is 0 Å². The number of sulfonamides is 1. The van der Waals surface area contributed by atoms with E-state index in [1.165, 1.54) is 52.8 Å². The number of hydrogen-bond donors (Lipinski definition) is 0. The predicted octanol–water partition coefficient (Wildman–Crippen LogP) is 3.93. The lowest BCUT2D eigenvalue weighted by atomic mass is 9.96. The lowest BCUT2D eigenvalue weighted by Crippen LogP contribution is -2.49. The molecular weight excluding hydrogens is 432 g/mol. The SMILES string of the molecule is N#Cc1ccc(S(=O)(=O)N2CCN(C(c3ccc(F)cc3)c3ccc(F)cc3)CC2)cc1. The molecule has 1 aliphatic heterocycles. The molecule has 0 saturated carbocycles. The number of nitriles is 1. The maximum atomic E-state index is 13.5. The lowest BCUT2D eigenvalue weighted by Gasteiger charge is -2.39. The highest BCUT2D eigenvalue weighted by atomic mass is 32.2. The Kier molecular flexibility index (Phi) is 6.33. The smallest absolute Gasteiger partial charge is 0.243 e. The first-order valence-electron chi connectivity index (χ1n) is 10.1. The Morgan fingerprint density at radius 1 is 0.750 bits per heavy atom.